The molecule has 40 heavy (non-hydrogen) atoms. The van der Waals surface area contributed by atoms with Crippen molar-refractivity contribution >= 4 is 23.5 Å². The number of benzene rings is 3. The Balaban J connectivity index is 0.000000283. The van der Waals surface area contributed by atoms with Crippen LogP contribution in [0.4, 0.5) is 0 Å². The van der Waals surface area contributed by atoms with Crippen LogP contribution in [-0.4, -0.2) is 43.4 Å². The van der Waals surface area contributed by atoms with Crippen molar-refractivity contribution in [1.29, 1.82) is 0 Å². The van der Waals surface area contributed by atoms with Crippen molar-refractivity contribution in [3.05, 3.63) is 107 Å². The lowest BCUT2D eigenvalue weighted by Gasteiger charge is -2.36. The van der Waals surface area contributed by atoms with Crippen molar-refractivity contribution in [2.45, 2.75) is 39.2 Å². The van der Waals surface area contributed by atoms with E-state index in [9.17, 15) is 14.4 Å². The molecule has 0 saturated carbocycles. The van der Waals surface area contributed by atoms with E-state index in [0.29, 0.717) is 25.1 Å². The predicted octanol–water partition coefficient (Wildman–Crippen LogP) is 5.19. The number of rotatable bonds is 6. The van der Waals surface area contributed by atoms with Crippen LogP contribution in [0.1, 0.15) is 51.5 Å². The van der Waals surface area contributed by atoms with E-state index < -0.39 is 11.3 Å². The number of methoxy groups -OCH3 is 2. The van der Waals surface area contributed by atoms with Gasteiger partial charge in [-0.2, -0.15) is 0 Å². The second-order valence-corrected chi connectivity index (χ2v) is 10.3. The fourth-order valence-corrected chi connectivity index (χ4v) is 5.59. The average molecular weight is 541 g/mol. The first-order valence-electron chi connectivity index (χ1n) is 13.3. The van der Waals surface area contributed by atoms with E-state index in [1.165, 1.54) is 7.11 Å². The molecule has 5 rings (SSSR count). The molecule has 1 unspecified atom stereocenters. The molecule has 0 aromatic heterocycles. The lowest BCUT2D eigenvalue weighted by Crippen LogP contribution is -2.48. The Morgan fingerprint density at radius 3 is 2.38 bits per heavy atom. The summed E-state index contributed by atoms with van der Waals surface area (Å²) in [4.78, 5) is 38.9. The van der Waals surface area contributed by atoms with Gasteiger partial charge in [-0.3, -0.25) is 14.9 Å². The van der Waals surface area contributed by atoms with Crippen molar-refractivity contribution in [2.75, 3.05) is 20.8 Å². The number of ether oxygens (including phenoxy) is 2. The third-order valence-corrected chi connectivity index (χ3v) is 7.78. The lowest BCUT2D eigenvalue weighted by molar-refractivity contribution is -0.126. The van der Waals surface area contributed by atoms with E-state index in [-0.39, 0.29) is 17.8 Å². The summed E-state index contributed by atoms with van der Waals surface area (Å²) in [6, 6.07) is 21.2. The highest BCUT2D eigenvalue weighted by Crippen LogP contribution is 2.44. The second kappa shape index (κ2) is 11.8. The molecule has 2 aliphatic heterocycles. The van der Waals surface area contributed by atoms with Crippen molar-refractivity contribution in [3.8, 4) is 5.75 Å². The molecule has 2 heterocycles. The maximum atomic E-state index is 13.2. The van der Waals surface area contributed by atoms with Gasteiger partial charge in [-0.25, -0.2) is 4.79 Å². The van der Waals surface area contributed by atoms with Gasteiger partial charge < -0.3 is 14.4 Å². The Kier molecular flexibility index (Phi) is 8.43. The Morgan fingerprint density at radius 1 is 1.02 bits per heavy atom. The van der Waals surface area contributed by atoms with Gasteiger partial charge in [-0.15, -0.1) is 0 Å². The molecule has 0 aliphatic carbocycles. The maximum Gasteiger partial charge on any atom is 0.337 e. The number of hydrogen-bond donors (Lipinski definition) is 1. The number of fused-ring (bicyclic) bond motifs is 1. The molecule has 3 aromatic carbocycles. The van der Waals surface area contributed by atoms with Gasteiger partial charge >= 0.3 is 5.97 Å². The highest BCUT2D eigenvalue weighted by atomic mass is 16.5. The van der Waals surface area contributed by atoms with E-state index in [2.05, 4.69) is 21.5 Å². The number of esters is 1. The summed E-state index contributed by atoms with van der Waals surface area (Å²) >= 11 is 0. The molecule has 1 saturated heterocycles. The van der Waals surface area contributed by atoms with Crippen LogP contribution in [0, 0.1) is 19.8 Å². The highest BCUT2D eigenvalue weighted by molar-refractivity contribution is 6.10. The van der Waals surface area contributed by atoms with Crippen molar-refractivity contribution in [1.82, 2.24) is 10.2 Å². The Labute approximate surface area is 235 Å². The zero-order chi connectivity index (χ0) is 29.0. The monoisotopic (exact) mass is 540 g/mol. The van der Waals surface area contributed by atoms with Gasteiger partial charge in [-0.1, -0.05) is 67.1 Å². The molecule has 208 valence electrons. The molecular formula is C33H36N2O5. The van der Waals surface area contributed by atoms with Crippen LogP contribution in [0.25, 0.3) is 5.70 Å². The molecule has 7 heteroatoms. The number of amides is 2. The van der Waals surface area contributed by atoms with E-state index in [1.807, 2.05) is 75.4 Å². The normalized spacial score (nSPS) is 19.5. The highest BCUT2D eigenvalue weighted by Gasteiger charge is 2.56. The fourth-order valence-electron chi connectivity index (χ4n) is 5.59. The van der Waals surface area contributed by atoms with Crippen LogP contribution in [0.2, 0.25) is 0 Å². The molecule has 0 bridgehead atoms. The van der Waals surface area contributed by atoms with Gasteiger partial charge in [0.1, 0.15) is 11.2 Å². The first kappa shape index (κ1) is 28.6. The summed E-state index contributed by atoms with van der Waals surface area (Å²) in [5, 5.41) is 2.60. The van der Waals surface area contributed by atoms with Crippen LogP contribution in [-0.2, 0) is 26.3 Å². The smallest absolute Gasteiger partial charge is 0.337 e. The molecule has 2 atom stereocenters. The quantitative estimate of drug-likeness (QED) is 0.342. The Morgan fingerprint density at radius 2 is 1.75 bits per heavy atom. The number of imide groups is 1. The van der Waals surface area contributed by atoms with Gasteiger partial charge in [0.15, 0.2) is 0 Å². The molecule has 0 radical (unpaired) electrons. The fraction of sp³-hybridized carbons (Fsp3) is 0.303. The van der Waals surface area contributed by atoms with Crippen LogP contribution in [0.15, 0.2) is 73.3 Å². The van der Waals surface area contributed by atoms with Gasteiger partial charge in [0.05, 0.1) is 25.7 Å². The Hall–Kier alpha value is -4.39. The zero-order valence-corrected chi connectivity index (χ0v) is 23.7. The standard InChI is InChI=1S/C24H26N2O3.C9H10O2/c1-5-21-22(27)25-23(28)24(21,18-9-6-15(2)7-10-18)14-26-13-17-8-11-19(29-4)12-20(17)16(26)3;1-7-4-3-5-8(6-7)9(10)11-2/h6-12,21H,3,5,13-14H2,1-2,4H3,(H,25,27,28);3-6H,1-2H3/t21?,24-;/m1./s1. The molecule has 3 aromatic rings. The number of aryl methyl sites for hydroxylation is 2. The van der Waals surface area contributed by atoms with Gasteiger partial charge in [0, 0.05) is 24.4 Å². The third kappa shape index (κ3) is 5.37. The van der Waals surface area contributed by atoms with Gasteiger partial charge in [-0.05, 0) is 55.7 Å². The van der Waals surface area contributed by atoms with E-state index in [0.717, 1.165) is 39.3 Å². The minimum Gasteiger partial charge on any atom is -0.497 e. The van der Waals surface area contributed by atoms with Crippen molar-refractivity contribution in [2.24, 2.45) is 5.92 Å². The number of nitrogens with one attached hydrogen (secondary N) is 1. The topological polar surface area (TPSA) is 84.9 Å². The van der Waals surface area contributed by atoms with Crippen molar-refractivity contribution < 1.29 is 23.9 Å². The number of hydrogen-bond acceptors (Lipinski definition) is 6. The zero-order valence-electron chi connectivity index (χ0n) is 23.7. The summed E-state index contributed by atoms with van der Waals surface area (Å²) in [6.45, 7) is 11.3. The largest absolute Gasteiger partial charge is 0.497 e. The summed E-state index contributed by atoms with van der Waals surface area (Å²) < 4.78 is 9.91. The van der Waals surface area contributed by atoms with Crippen LogP contribution in [0.3, 0.4) is 0 Å². The molecule has 2 amide bonds. The van der Waals surface area contributed by atoms with Gasteiger partial charge in [0.25, 0.3) is 0 Å². The lowest BCUT2D eigenvalue weighted by atomic mass is 9.70. The second-order valence-electron chi connectivity index (χ2n) is 10.3. The summed E-state index contributed by atoms with van der Waals surface area (Å²) in [7, 11) is 3.02. The van der Waals surface area contributed by atoms with E-state index in [4.69, 9.17) is 4.74 Å². The molecular weight excluding hydrogens is 504 g/mol. The molecule has 1 N–H and O–H groups in total. The molecule has 1 fully saturated rings. The predicted molar refractivity (Wildman–Crippen MR) is 155 cm³/mol. The van der Waals surface area contributed by atoms with E-state index in [1.54, 1.807) is 19.2 Å². The van der Waals surface area contributed by atoms with E-state index >= 15 is 0 Å². The third-order valence-electron chi connectivity index (χ3n) is 7.78. The average Bonchev–Trinajstić information content (AvgIpc) is 3.39. The SMILES string of the molecule is C=C1c2cc(OC)ccc2CN1C[C@]1(c2ccc(C)cc2)C(=O)NC(=O)C1CC.COC(=O)c1cccc(C)c1. The minimum absolute atomic E-state index is 0.193. The number of carbonyl (C=O) groups is 3. The van der Waals surface area contributed by atoms with Crippen LogP contribution >= 0.6 is 0 Å². The maximum absolute atomic E-state index is 13.2. The van der Waals surface area contributed by atoms with Crippen LogP contribution in [0.5, 0.6) is 5.75 Å². The summed E-state index contributed by atoms with van der Waals surface area (Å²) in [5.41, 5.74) is 5.75. The summed E-state index contributed by atoms with van der Waals surface area (Å²) in [6.07, 6.45) is 0.590. The first-order chi connectivity index (χ1) is 19.1. The summed E-state index contributed by atoms with van der Waals surface area (Å²) in [5.74, 6) is -0.334. The first-order valence-corrected chi connectivity index (χ1v) is 13.3. The Bertz CT molecular complexity index is 1450. The number of nitrogens with zero attached hydrogens (tertiary/aromatic N) is 1. The van der Waals surface area contributed by atoms with Gasteiger partial charge in [0.2, 0.25) is 11.8 Å². The van der Waals surface area contributed by atoms with Crippen molar-refractivity contribution in [3.63, 3.8) is 0 Å². The molecule has 2 aliphatic rings. The van der Waals surface area contributed by atoms with Crippen LogP contribution < -0.4 is 10.1 Å². The minimum atomic E-state index is -0.936. The molecule has 7 nitrogen and oxygen atoms in total. The molecule has 0 spiro atoms. The number of carbonyl (C=O) groups excluding carboxylic acids is 3.